The average molecular weight is 207 g/mol. The van der Waals surface area contributed by atoms with Gasteiger partial charge in [-0.05, 0) is 19.1 Å². The Morgan fingerprint density at radius 2 is 2.07 bits per heavy atom. The lowest BCUT2D eigenvalue weighted by Crippen LogP contribution is -2.22. The van der Waals surface area contributed by atoms with E-state index in [0.717, 1.165) is 5.69 Å². The molecular weight excluding hydrogens is 190 g/mol. The van der Waals surface area contributed by atoms with Crippen molar-refractivity contribution < 1.29 is 9.53 Å². The number of para-hydroxylation sites is 1. The third-order valence-electron chi connectivity index (χ3n) is 2.08. The van der Waals surface area contributed by atoms with Crippen LogP contribution in [0.2, 0.25) is 0 Å². The van der Waals surface area contributed by atoms with Crippen LogP contribution in [0.25, 0.3) is 0 Å². The van der Waals surface area contributed by atoms with Gasteiger partial charge in [0.25, 0.3) is 0 Å². The van der Waals surface area contributed by atoms with Gasteiger partial charge in [-0.15, -0.1) is 0 Å². The van der Waals surface area contributed by atoms with Gasteiger partial charge in [-0.2, -0.15) is 0 Å². The Kier molecular flexibility index (Phi) is 4.68. The summed E-state index contributed by atoms with van der Waals surface area (Å²) in [4.78, 5) is 11.3. The van der Waals surface area contributed by atoms with Gasteiger partial charge in [-0.1, -0.05) is 25.1 Å². The minimum absolute atomic E-state index is 0.120. The number of nitrogens with one attached hydrogen (secondary N) is 1. The largest absolute Gasteiger partial charge is 0.466 e. The predicted molar refractivity (Wildman–Crippen MR) is 60.7 cm³/mol. The van der Waals surface area contributed by atoms with E-state index in [1.807, 2.05) is 44.2 Å². The maximum atomic E-state index is 11.3. The first-order valence-electron chi connectivity index (χ1n) is 5.19. The first kappa shape index (κ1) is 11.6. The third kappa shape index (κ3) is 4.02. The first-order valence-corrected chi connectivity index (χ1v) is 5.19. The van der Waals surface area contributed by atoms with Gasteiger partial charge in [0.2, 0.25) is 0 Å². The highest BCUT2D eigenvalue weighted by Gasteiger charge is 2.12. The lowest BCUT2D eigenvalue weighted by molar-refractivity contribution is -0.146. The number of carbonyl (C=O) groups is 1. The van der Waals surface area contributed by atoms with Crippen LogP contribution < -0.4 is 5.32 Å². The maximum absolute atomic E-state index is 11.3. The van der Waals surface area contributed by atoms with Crippen LogP contribution >= 0.6 is 0 Å². The van der Waals surface area contributed by atoms with E-state index in [1.165, 1.54) is 0 Å². The molecule has 0 spiro atoms. The Morgan fingerprint density at radius 1 is 1.40 bits per heavy atom. The summed E-state index contributed by atoms with van der Waals surface area (Å²) in [7, 11) is 0. The number of rotatable bonds is 5. The van der Waals surface area contributed by atoms with E-state index in [4.69, 9.17) is 4.74 Å². The van der Waals surface area contributed by atoms with Crippen molar-refractivity contribution >= 4 is 11.7 Å². The highest BCUT2D eigenvalue weighted by atomic mass is 16.5. The molecule has 0 aliphatic rings. The van der Waals surface area contributed by atoms with Crippen molar-refractivity contribution in [1.82, 2.24) is 0 Å². The van der Waals surface area contributed by atoms with Crippen molar-refractivity contribution in [2.24, 2.45) is 5.92 Å². The number of benzene rings is 1. The molecule has 15 heavy (non-hydrogen) atoms. The topological polar surface area (TPSA) is 38.3 Å². The number of anilines is 1. The molecule has 0 aliphatic carbocycles. The summed E-state index contributed by atoms with van der Waals surface area (Å²) < 4.78 is 4.91. The van der Waals surface area contributed by atoms with E-state index in [-0.39, 0.29) is 11.9 Å². The number of hydrogen-bond donors (Lipinski definition) is 1. The van der Waals surface area contributed by atoms with Crippen molar-refractivity contribution in [3.8, 4) is 0 Å². The fourth-order valence-corrected chi connectivity index (χ4v) is 1.19. The molecule has 1 rings (SSSR count). The molecule has 3 nitrogen and oxygen atoms in total. The fraction of sp³-hybridized carbons (Fsp3) is 0.417. The van der Waals surface area contributed by atoms with Gasteiger partial charge in [0.1, 0.15) is 0 Å². The van der Waals surface area contributed by atoms with Crippen LogP contribution in [0.5, 0.6) is 0 Å². The van der Waals surface area contributed by atoms with E-state index < -0.39 is 0 Å². The van der Waals surface area contributed by atoms with Crippen molar-refractivity contribution in [3.63, 3.8) is 0 Å². The Hall–Kier alpha value is -1.51. The van der Waals surface area contributed by atoms with Crippen molar-refractivity contribution in [1.29, 1.82) is 0 Å². The van der Waals surface area contributed by atoms with Gasteiger partial charge in [-0.3, -0.25) is 4.79 Å². The van der Waals surface area contributed by atoms with E-state index in [9.17, 15) is 4.79 Å². The molecule has 1 N–H and O–H groups in total. The first-order chi connectivity index (χ1) is 7.24. The molecular formula is C12H17NO2. The second-order valence-electron chi connectivity index (χ2n) is 3.40. The Balaban J connectivity index is 2.34. The molecule has 0 fully saturated rings. The normalized spacial score (nSPS) is 11.9. The standard InChI is InChI=1S/C12H17NO2/c1-3-15-12(14)10(2)9-13-11-7-5-4-6-8-11/h4-8,10,13H,3,9H2,1-2H3. The summed E-state index contributed by atoms with van der Waals surface area (Å²) in [5.41, 5.74) is 1.02. The molecule has 1 unspecified atom stereocenters. The van der Waals surface area contributed by atoms with Crippen LogP contribution in [-0.4, -0.2) is 19.1 Å². The third-order valence-corrected chi connectivity index (χ3v) is 2.08. The molecule has 0 radical (unpaired) electrons. The van der Waals surface area contributed by atoms with E-state index in [2.05, 4.69) is 5.32 Å². The second-order valence-corrected chi connectivity index (χ2v) is 3.40. The lowest BCUT2D eigenvalue weighted by Gasteiger charge is -2.12. The number of carbonyl (C=O) groups excluding carboxylic acids is 1. The molecule has 0 aliphatic heterocycles. The minimum atomic E-state index is -0.152. The van der Waals surface area contributed by atoms with Gasteiger partial charge in [0, 0.05) is 12.2 Å². The Morgan fingerprint density at radius 3 is 2.67 bits per heavy atom. The molecule has 0 saturated heterocycles. The van der Waals surface area contributed by atoms with Gasteiger partial charge >= 0.3 is 5.97 Å². The minimum Gasteiger partial charge on any atom is -0.466 e. The van der Waals surface area contributed by atoms with Crippen molar-refractivity contribution in [2.75, 3.05) is 18.5 Å². The molecule has 3 heteroatoms. The predicted octanol–water partition coefficient (Wildman–Crippen LogP) is 2.30. The van der Waals surface area contributed by atoms with E-state index in [1.54, 1.807) is 0 Å². The SMILES string of the molecule is CCOC(=O)C(C)CNc1ccccc1. The summed E-state index contributed by atoms with van der Waals surface area (Å²) in [5, 5.41) is 3.18. The van der Waals surface area contributed by atoms with E-state index in [0.29, 0.717) is 13.2 Å². The van der Waals surface area contributed by atoms with E-state index >= 15 is 0 Å². The average Bonchev–Trinajstić information content (AvgIpc) is 2.27. The van der Waals surface area contributed by atoms with Crippen LogP contribution in [-0.2, 0) is 9.53 Å². The zero-order chi connectivity index (χ0) is 11.1. The lowest BCUT2D eigenvalue weighted by atomic mass is 10.2. The van der Waals surface area contributed by atoms with Gasteiger partial charge < -0.3 is 10.1 Å². The summed E-state index contributed by atoms with van der Waals surface area (Å²) in [6, 6.07) is 9.81. The van der Waals surface area contributed by atoms with Crippen LogP contribution in [0.3, 0.4) is 0 Å². The van der Waals surface area contributed by atoms with Crippen molar-refractivity contribution in [2.45, 2.75) is 13.8 Å². The zero-order valence-electron chi connectivity index (χ0n) is 9.19. The molecule has 1 aromatic rings. The zero-order valence-corrected chi connectivity index (χ0v) is 9.19. The number of esters is 1. The molecule has 0 saturated carbocycles. The molecule has 0 amide bonds. The molecule has 82 valence electrons. The molecule has 0 aromatic heterocycles. The summed E-state index contributed by atoms with van der Waals surface area (Å²) in [6.45, 7) is 4.71. The van der Waals surface area contributed by atoms with Crippen LogP contribution in [0.15, 0.2) is 30.3 Å². The smallest absolute Gasteiger partial charge is 0.310 e. The fourth-order valence-electron chi connectivity index (χ4n) is 1.19. The Labute approximate surface area is 90.4 Å². The summed E-state index contributed by atoms with van der Waals surface area (Å²) in [5.74, 6) is -0.272. The van der Waals surface area contributed by atoms with Crippen LogP contribution in [0.4, 0.5) is 5.69 Å². The molecule has 1 atom stereocenters. The van der Waals surface area contributed by atoms with Crippen LogP contribution in [0.1, 0.15) is 13.8 Å². The summed E-state index contributed by atoms with van der Waals surface area (Å²) >= 11 is 0. The molecule has 1 aromatic carbocycles. The molecule has 0 heterocycles. The number of hydrogen-bond acceptors (Lipinski definition) is 3. The van der Waals surface area contributed by atoms with Gasteiger partial charge in [0.05, 0.1) is 12.5 Å². The highest BCUT2D eigenvalue weighted by Crippen LogP contribution is 2.07. The highest BCUT2D eigenvalue weighted by molar-refractivity contribution is 5.72. The van der Waals surface area contributed by atoms with Crippen molar-refractivity contribution in [3.05, 3.63) is 30.3 Å². The van der Waals surface area contributed by atoms with Crippen LogP contribution in [0, 0.1) is 5.92 Å². The Bertz CT molecular complexity index is 298. The number of ether oxygens (including phenoxy) is 1. The quantitative estimate of drug-likeness (QED) is 0.753. The molecule has 0 bridgehead atoms. The monoisotopic (exact) mass is 207 g/mol. The van der Waals surface area contributed by atoms with Gasteiger partial charge in [-0.25, -0.2) is 0 Å². The maximum Gasteiger partial charge on any atom is 0.310 e. The second kappa shape index (κ2) is 6.06. The summed E-state index contributed by atoms with van der Waals surface area (Å²) in [6.07, 6.45) is 0. The van der Waals surface area contributed by atoms with Gasteiger partial charge in [0.15, 0.2) is 0 Å².